The zero-order valence-corrected chi connectivity index (χ0v) is 7.80. The van der Waals surface area contributed by atoms with Gasteiger partial charge in [-0.05, 0) is 12.8 Å². The minimum atomic E-state index is -0.538. The van der Waals surface area contributed by atoms with Gasteiger partial charge in [0.15, 0.2) is 0 Å². The lowest BCUT2D eigenvalue weighted by Gasteiger charge is -2.30. The van der Waals surface area contributed by atoms with E-state index in [2.05, 4.69) is 5.32 Å². The van der Waals surface area contributed by atoms with Gasteiger partial charge in [-0.2, -0.15) is 0 Å². The van der Waals surface area contributed by atoms with Crippen LogP contribution in [-0.4, -0.2) is 29.4 Å². The van der Waals surface area contributed by atoms with Crippen LogP contribution in [0.2, 0.25) is 0 Å². The second kappa shape index (κ2) is 2.72. The molecule has 1 aliphatic carbocycles. The maximum Gasteiger partial charge on any atom is 0.324 e. The smallest absolute Gasteiger partial charge is 0.323 e. The van der Waals surface area contributed by atoms with Crippen molar-refractivity contribution in [2.45, 2.75) is 37.6 Å². The highest BCUT2D eigenvalue weighted by molar-refractivity contribution is 6.06. The number of rotatable bonds is 0. The number of likely N-dealkylation sites (N-methyl/N-ethyl adjacent to an activating group) is 1. The third kappa shape index (κ3) is 1.12. The number of hydrogen-bond acceptors (Lipinski definition) is 2. The Kier molecular flexibility index (Phi) is 1.78. The Labute approximate surface area is 77.3 Å². The van der Waals surface area contributed by atoms with Crippen molar-refractivity contribution >= 4 is 11.9 Å². The molecule has 0 bridgehead atoms. The highest BCUT2D eigenvalue weighted by Crippen LogP contribution is 2.32. The average Bonchev–Trinajstić information content (AvgIpc) is 2.33. The number of carbonyl (C=O) groups is 2. The van der Waals surface area contributed by atoms with Gasteiger partial charge >= 0.3 is 6.03 Å². The van der Waals surface area contributed by atoms with Crippen LogP contribution in [0.3, 0.4) is 0 Å². The second-order valence-corrected chi connectivity index (χ2v) is 3.94. The highest BCUT2D eigenvalue weighted by atomic mass is 16.2. The van der Waals surface area contributed by atoms with Crippen LogP contribution in [0.4, 0.5) is 4.79 Å². The number of amides is 3. The molecule has 1 spiro atoms. The van der Waals surface area contributed by atoms with Crippen molar-refractivity contribution in [3.8, 4) is 0 Å². The summed E-state index contributed by atoms with van der Waals surface area (Å²) in [4.78, 5) is 24.2. The summed E-state index contributed by atoms with van der Waals surface area (Å²) in [6.45, 7) is 0. The third-order valence-corrected chi connectivity index (χ3v) is 3.07. The molecule has 1 saturated heterocycles. The fourth-order valence-electron chi connectivity index (χ4n) is 2.25. The predicted molar refractivity (Wildman–Crippen MR) is 47.1 cm³/mol. The molecule has 0 unspecified atom stereocenters. The maximum absolute atomic E-state index is 11.7. The molecule has 2 rings (SSSR count). The van der Waals surface area contributed by atoms with Crippen LogP contribution in [0.15, 0.2) is 0 Å². The van der Waals surface area contributed by atoms with E-state index in [1.165, 1.54) is 11.3 Å². The third-order valence-electron chi connectivity index (χ3n) is 3.07. The van der Waals surface area contributed by atoms with Gasteiger partial charge in [0.05, 0.1) is 0 Å². The molecule has 0 radical (unpaired) electrons. The van der Waals surface area contributed by atoms with E-state index < -0.39 is 5.54 Å². The molecule has 72 valence electrons. The molecular formula is C9H14N2O2. The van der Waals surface area contributed by atoms with E-state index in [0.717, 1.165) is 25.7 Å². The Balaban J connectivity index is 2.23. The topological polar surface area (TPSA) is 49.4 Å². The van der Waals surface area contributed by atoms with Gasteiger partial charge in [-0.25, -0.2) is 4.79 Å². The number of nitrogens with zero attached hydrogens (tertiary/aromatic N) is 1. The summed E-state index contributed by atoms with van der Waals surface area (Å²) in [5, 5.41) is 2.81. The predicted octanol–water partition coefficient (Wildman–Crippen LogP) is 0.871. The van der Waals surface area contributed by atoms with Crippen LogP contribution in [0.1, 0.15) is 32.1 Å². The fourth-order valence-corrected chi connectivity index (χ4v) is 2.25. The van der Waals surface area contributed by atoms with E-state index in [0.29, 0.717) is 0 Å². The Morgan fingerprint density at radius 1 is 1.23 bits per heavy atom. The lowest BCUT2D eigenvalue weighted by molar-refractivity contribution is -0.131. The SMILES string of the molecule is CN1C(=O)NC2(CCCCC2)C1=O. The van der Waals surface area contributed by atoms with Gasteiger partial charge in [-0.3, -0.25) is 9.69 Å². The minimum absolute atomic E-state index is 0.0443. The Morgan fingerprint density at radius 3 is 2.31 bits per heavy atom. The summed E-state index contributed by atoms with van der Waals surface area (Å²) >= 11 is 0. The Bertz CT molecular complexity index is 256. The summed E-state index contributed by atoms with van der Waals surface area (Å²) in [5.41, 5.74) is -0.538. The zero-order chi connectivity index (χ0) is 9.47. The first-order valence-corrected chi connectivity index (χ1v) is 4.76. The molecule has 1 N–H and O–H groups in total. The zero-order valence-electron chi connectivity index (χ0n) is 7.80. The standard InChI is InChI=1S/C9H14N2O2/c1-11-7(12)9(10-8(11)13)5-3-2-4-6-9/h2-6H2,1H3,(H,10,13). The van der Waals surface area contributed by atoms with Crippen LogP contribution in [-0.2, 0) is 4.79 Å². The van der Waals surface area contributed by atoms with Crippen LogP contribution in [0, 0.1) is 0 Å². The molecule has 0 aromatic carbocycles. The molecular weight excluding hydrogens is 168 g/mol. The van der Waals surface area contributed by atoms with Crippen LogP contribution in [0.25, 0.3) is 0 Å². The monoisotopic (exact) mass is 182 g/mol. The van der Waals surface area contributed by atoms with Gasteiger partial charge in [0, 0.05) is 7.05 Å². The van der Waals surface area contributed by atoms with Gasteiger partial charge in [0.25, 0.3) is 5.91 Å². The van der Waals surface area contributed by atoms with E-state index >= 15 is 0 Å². The maximum atomic E-state index is 11.7. The van der Waals surface area contributed by atoms with E-state index in [-0.39, 0.29) is 11.9 Å². The minimum Gasteiger partial charge on any atom is -0.323 e. The van der Waals surface area contributed by atoms with Crippen LogP contribution < -0.4 is 5.32 Å². The summed E-state index contributed by atoms with van der Waals surface area (Å²) in [6.07, 6.45) is 4.87. The molecule has 2 aliphatic rings. The first-order valence-electron chi connectivity index (χ1n) is 4.76. The molecule has 4 heteroatoms. The van der Waals surface area contributed by atoms with E-state index in [1.54, 1.807) is 7.05 Å². The van der Waals surface area contributed by atoms with E-state index in [1.807, 2.05) is 0 Å². The van der Waals surface area contributed by atoms with Gasteiger partial charge in [-0.1, -0.05) is 19.3 Å². The van der Waals surface area contributed by atoms with Gasteiger partial charge in [0.1, 0.15) is 5.54 Å². The molecule has 0 aromatic heterocycles. The number of nitrogens with one attached hydrogen (secondary N) is 1. The van der Waals surface area contributed by atoms with Crippen molar-refractivity contribution in [2.75, 3.05) is 7.05 Å². The molecule has 1 saturated carbocycles. The lowest BCUT2D eigenvalue weighted by Crippen LogP contribution is -2.48. The van der Waals surface area contributed by atoms with Crippen molar-refractivity contribution in [1.82, 2.24) is 10.2 Å². The van der Waals surface area contributed by atoms with E-state index in [9.17, 15) is 9.59 Å². The summed E-state index contributed by atoms with van der Waals surface area (Å²) < 4.78 is 0. The molecule has 0 atom stereocenters. The number of hydrogen-bond donors (Lipinski definition) is 1. The molecule has 3 amide bonds. The molecule has 13 heavy (non-hydrogen) atoms. The lowest BCUT2D eigenvalue weighted by atomic mass is 9.82. The largest absolute Gasteiger partial charge is 0.324 e. The average molecular weight is 182 g/mol. The summed E-state index contributed by atoms with van der Waals surface area (Å²) in [6, 6.07) is -0.244. The Hall–Kier alpha value is -1.06. The first-order chi connectivity index (χ1) is 6.16. The molecule has 0 aromatic rings. The van der Waals surface area contributed by atoms with Crippen molar-refractivity contribution < 1.29 is 9.59 Å². The fraction of sp³-hybridized carbons (Fsp3) is 0.778. The molecule has 1 heterocycles. The van der Waals surface area contributed by atoms with Gasteiger partial charge < -0.3 is 5.32 Å². The highest BCUT2D eigenvalue weighted by Gasteiger charge is 2.49. The molecule has 4 nitrogen and oxygen atoms in total. The van der Waals surface area contributed by atoms with Crippen LogP contribution in [0.5, 0.6) is 0 Å². The second-order valence-electron chi connectivity index (χ2n) is 3.94. The number of urea groups is 1. The van der Waals surface area contributed by atoms with Gasteiger partial charge in [-0.15, -0.1) is 0 Å². The molecule has 2 fully saturated rings. The number of imide groups is 1. The van der Waals surface area contributed by atoms with Crippen molar-refractivity contribution in [2.24, 2.45) is 0 Å². The molecule has 1 aliphatic heterocycles. The number of carbonyl (C=O) groups excluding carboxylic acids is 2. The van der Waals surface area contributed by atoms with Gasteiger partial charge in [0.2, 0.25) is 0 Å². The van der Waals surface area contributed by atoms with E-state index in [4.69, 9.17) is 0 Å². The van der Waals surface area contributed by atoms with Crippen molar-refractivity contribution in [1.29, 1.82) is 0 Å². The first kappa shape index (κ1) is 8.53. The summed E-state index contributed by atoms with van der Waals surface area (Å²) in [7, 11) is 1.54. The summed E-state index contributed by atoms with van der Waals surface area (Å²) in [5.74, 6) is -0.0443. The van der Waals surface area contributed by atoms with Crippen molar-refractivity contribution in [3.63, 3.8) is 0 Å². The Morgan fingerprint density at radius 2 is 1.85 bits per heavy atom. The quantitative estimate of drug-likeness (QED) is 0.565. The van der Waals surface area contributed by atoms with Crippen LogP contribution >= 0.6 is 0 Å². The normalized spacial score (nSPS) is 26.7. The van der Waals surface area contributed by atoms with Crippen molar-refractivity contribution in [3.05, 3.63) is 0 Å².